The summed E-state index contributed by atoms with van der Waals surface area (Å²) < 4.78 is 16.4. The Kier molecular flexibility index (Phi) is 10.7. The minimum absolute atomic E-state index is 0.278. The summed E-state index contributed by atoms with van der Waals surface area (Å²) in [6.07, 6.45) is 0.431. The van der Waals surface area contributed by atoms with Gasteiger partial charge in [0.15, 0.2) is 0 Å². The summed E-state index contributed by atoms with van der Waals surface area (Å²) in [6, 6.07) is 49.2. The lowest BCUT2D eigenvalue weighted by Crippen LogP contribution is -2.41. The first-order valence-electron chi connectivity index (χ1n) is 17.3. The molecule has 0 N–H and O–H groups in total. The number of anilines is 1. The summed E-state index contributed by atoms with van der Waals surface area (Å²) in [5.74, 6) is 1.03. The number of carbonyl (C=O) groups excluding carboxylic acids is 2. The van der Waals surface area contributed by atoms with Gasteiger partial charge in [0.2, 0.25) is 0 Å². The summed E-state index contributed by atoms with van der Waals surface area (Å²) in [4.78, 5) is 28.5. The van der Waals surface area contributed by atoms with Crippen LogP contribution in [-0.2, 0) is 17.3 Å². The zero-order valence-electron chi connectivity index (χ0n) is 30.2. The molecule has 6 aromatic rings. The maximum Gasteiger partial charge on any atom is 0.429 e. The van der Waals surface area contributed by atoms with Crippen molar-refractivity contribution in [1.29, 1.82) is 5.26 Å². The van der Waals surface area contributed by atoms with Crippen LogP contribution >= 0.6 is 0 Å². The quantitative estimate of drug-likeness (QED) is 0.132. The van der Waals surface area contributed by atoms with Gasteiger partial charge in [-0.05, 0) is 88.3 Å². The Morgan fingerprint density at radius 3 is 1.26 bits per heavy atom. The average molecular weight is 701 g/mol. The number of imide groups is 1. The molecule has 0 aliphatic heterocycles. The number of amides is 2. The summed E-state index contributed by atoms with van der Waals surface area (Å²) in [7, 11) is 0. The molecule has 0 fully saturated rings. The Morgan fingerprint density at radius 1 is 0.509 bits per heavy atom. The molecule has 0 atom stereocenters. The molecule has 53 heavy (non-hydrogen) atoms. The van der Waals surface area contributed by atoms with E-state index >= 15 is 0 Å². The van der Waals surface area contributed by atoms with Crippen LogP contribution in [-0.4, -0.2) is 12.2 Å². The maximum atomic E-state index is 13.8. The summed E-state index contributed by atoms with van der Waals surface area (Å²) in [5.41, 5.74) is 6.06. The molecule has 0 unspecified atom stereocenters. The molecule has 264 valence electrons. The van der Waals surface area contributed by atoms with E-state index in [1.165, 1.54) is 0 Å². The van der Waals surface area contributed by atoms with Crippen LogP contribution in [0.25, 0.3) is 0 Å². The number of rotatable bonds is 10. The molecule has 0 radical (unpaired) electrons. The molecule has 0 aliphatic carbocycles. The van der Waals surface area contributed by atoms with E-state index < -0.39 is 12.2 Å². The molecule has 7 nitrogen and oxygen atoms in total. The number of ether oxygens (including phenoxy) is 3. The highest BCUT2D eigenvalue weighted by Gasteiger charge is 2.29. The molecular formula is C46H40N2O5. The van der Waals surface area contributed by atoms with Crippen molar-refractivity contribution in [3.05, 3.63) is 191 Å². The molecule has 7 heteroatoms. The Labute approximate surface area is 310 Å². The van der Waals surface area contributed by atoms with Gasteiger partial charge in [-0.1, -0.05) is 137 Å². The van der Waals surface area contributed by atoms with Gasteiger partial charge in [-0.2, -0.15) is 4.90 Å². The van der Waals surface area contributed by atoms with Crippen molar-refractivity contribution in [1.82, 2.24) is 0 Å². The normalized spacial score (nSPS) is 11.2. The molecular weight excluding hydrogens is 661 g/mol. The number of hydrogen-bond acceptors (Lipinski definition) is 6. The monoisotopic (exact) mass is 700 g/mol. The van der Waals surface area contributed by atoms with Crippen molar-refractivity contribution in [2.75, 3.05) is 4.90 Å². The second-order valence-corrected chi connectivity index (χ2v) is 13.8. The lowest BCUT2D eigenvalue weighted by Gasteiger charge is -2.26. The van der Waals surface area contributed by atoms with Crippen LogP contribution < -0.4 is 19.1 Å². The number of hydrogen-bond donors (Lipinski definition) is 0. The zero-order valence-corrected chi connectivity index (χ0v) is 30.2. The number of benzene rings is 6. The van der Waals surface area contributed by atoms with Gasteiger partial charge in [0.1, 0.15) is 17.2 Å². The van der Waals surface area contributed by atoms with Crippen molar-refractivity contribution >= 4 is 17.9 Å². The Balaban J connectivity index is 1.23. The number of nitriles is 1. The fourth-order valence-electron chi connectivity index (χ4n) is 6.23. The third kappa shape index (κ3) is 8.46. The molecule has 0 aromatic heterocycles. The van der Waals surface area contributed by atoms with Gasteiger partial charge in [0, 0.05) is 10.8 Å². The van der Waals surface area contributed by atoms with Crippen LogP contribution in [0.1, 0.15) is 61.1 Å². The molecule has 6 rings (SSSR count). The molecule has 0 heterocycles. The van der Waals surface area contributed by atoms with Crippen LogP contribution in [0.3, 0.4) is 0 Å². The first-order valence-corrected chi connectivity index (χ1v) is 17.3. The van der Waals surface area contributed by atoms with Crippen LogP contribution in [0, 0.1) is 11.5 Å². The lowest BCUT2D eigenvalue weighted by molar-refractivity contribution is 0.191. The van der Waals surface area contributed by atoms with E-state index in [9.17, 15) is 9.59 Å². The van der Waals surface area contributed by atoms with Crippen molar-refractivity contribution in [3.63, 3.8) is 0 Å². The second-order valence-electron chi connectivity index (χ2n) is 13.8. The van der Waals surface area contributed by atoms with Crippen molar-refractivity contribution in [2.24, 2.45) is 0 Å². The number of nitrogens with zero attached hydrogens (tertiary/aromatic N) is 2. The van der Waals surface area contributed by atoms with Gasteiger partial charge in [-0.3, -0.25) is 0 Å². The van der Waals surface area contributed by atoms with Crippen molar-refractivity contribution < 1.29 is 23.8 Å². The Morgan fingerprint density at radius 2 is 0.868 bits per heavy atom. The third-order valence-electron chi connectivity index (χ3n) is 9.61. The van der Waals surface area contributed by atoms with Crippen LogP contribution in [0.2, 0.25) is 0 Å². The van der Waals surface area contributed by atoms with E-state index in [1.54, 1.807) is 54.8 Å². The first-order chi connectivity index (χ1) is 25.5. The van der Waals surface area contributed by atoms with Gasteiger partial charge in [-0.25, -0.2) is 9.59 Å². The van der Waals surface area contributed by atoms with E-state index in [2.05, 4.69) is 52.0 Å². The van der Waals surface area contributed by atoms with Crippen LogP contribution in [0.5, 0.6) is 17.2 Å². The predicted molar refractivity (Wildman–Crippen MR) is 206 cm³/mol. The highest BCUT2D eigenvalue weighted by Crippen LogP contribution is 2.34. The summed E-state index contributed by atoms with van der Waals surface area (Å²) in [5, 5.41) is 8.75. The van der Waals surface area contributed by atoms with Crippen molar-refractivity contribution in [3.8, 4) is 23.5 Å². The highest BCUT2D eigenvalue weighted by molar-refractivity contribution is 6.10. The Hall–Kier alpha value is -6.65. The minimum Gasteiger partial charge on any atom is -0.410 e. The molecule has 0 saturated heterocycles. The topological polar surface area (TPSA) is 88.9 Å². The highest BCUT2D eigenvalue weighted by atomic mass is 16.6. The summed E-state index contributed by atoms with van der Waals surface area (Å²) >= 11 is 0. The van der Waals surface area contributed by atoms with Gasteiger partial charge in [-0.15, -0.1) is 5.26 Å². The molecule has 0 saturated carbocycles. The fraction of sp³-hybridized carbons (Fsp3) is 0.152. The largest absolute Gasteiger partial charge is 0.429 e. The Bertz CT molecular complexity index is 2080. The smallest absolute Gasteiger partial charge is 0.410 e. The lowest BCUT2D eigenvalue weighted by atomic mass is 9.78. The molecule has 2 amide bonds. The van der Waals surface area contributed by atoms with Crippen LogP contribution in [0.4, 0.5) is 15.3 Å². The van der Waals surface area contributed by atoms with Gasteiger partial charge >= 0.3 is 12.2 Å². The van der Waals surface area contributed by atoms with E-state index in [1.807, 2.05) is 84.9 Å². The van der Waals surface area contributed by atoms with E-state index in [-0.39, 0.29) is 28.0 Å². The molecule has 0 aliphatic rings. The van der Waals surface area contributed by atoms with E-state index in [0.717, 1.165) is 38.3 Å². The molecule has 0 bridgehead atoms. The third-order valence-corrected chi connectivity index (χ3v) is 9.61. The minimum atomic E-state index is -0.910. The standard InChI is InChI=1S/C46H40N2O5/c1-45(2,35-11-7-5-8-12-35)37-19-27-41(28-20-37)52-43(49)48(39-23-15-33(16-24-39)31-34-17-25-40(26-18-34)51-32-47)44(50)53-42-29-21-38(22-30-42)46(3,4)36-13-9-6-10-14-36/h5-30H,31H2,1-4H3. The molecule has 6 aromatic carbocycles. The second kappa shape index (κ2) is 15.7. The van der Waals surface area contributed by atoms with Crippen molar-refractivity contribution in [2.45, 2.75) is 44.9 Å². The predicted octanol–water partition coefficient (Wildman–Crippen LogP) is 11.0. The van der Waals surface area contributed by atoms with Gasteiger partial charge in [0.25, 0.3) is 6.26 Å². The van der Waals surface area contributed by atoms with Gasteiger partial charge < -0.3 is 14.2 Å². The summed E-state index contributed by atoms with van der Waals surface area (Å²) in [6.45, 7) is 8.55. The van der Waals surface area contributed by atoms with Gasteiger partial charge in [0.05, 0.1) is 5.69 Å². The number of carbonyl (C=O) groups is 2. The average Bonchev–Trinajstić information content (AvgIpc) is 3.17. The van der Waals surface area contributed by atoms with E-state index in [4.69, 9.17) is 19.5 Å². The zero-order chi connectivity index (χ0) is 37.4. The van der Waals surface area contributed by atoms with Crippen LogP contribution in [0.15, 0.2) is 158 Å². The molecule has 0 spiro atoms. The first kappa shape index (κ1) is 36.2. The SMILES string of the molecule is CC(C)(c1ccccc1)c1ccc(OC(=O)N(C(=O)Oc2ccc(C(C)(C)c3ccccc3)cc2)c2ccc(Cc3ccc(OC#N)cc3)cc2)cc1. The van der Waals surface area contributed by atoms with E-state index in [0.29, 0.717) is 12.2 Å². The maximum absolute atomic E-state index is 13.8. The fourth-order valence-corrected chi connectivity index (χ4v) is 6.23.